The Bertz CT molecular complexity index is 844. The zero-order valence-electron chi connectivity index (χ0n) is 14.0. The number of thioether (sulfide) groups is 1. The van der Waals surface area contributed by atoms with E-state index in [1.807, 2.05) is 36.4 Å². The van der Waals surface area contributed by atoms with E-state index in [1.54, 1.807) is 14.2 Å². The van der Waals surface area contributed by atoms with Gasteiger partial charge in [-0.2, -0.15) is 5.26 Å². The summed E-state index contributed by atoms with van der Waals surface area (Å²) in [5.74, 6) is 1.34. The van der Waals surface area contributed by atoms with E-state index in [9.17, 15) is 5.26 Å². The Morgan fingerprint density at radius 2 is 1.84 bits per heavy atom. The van der Waals surface area contributed by atoms with Crippen molar-refractivity contribution in [2.75, 3.05) is 20.8 Å². The number of benzene rings is 2. The quantitative estimate of drug-likeness (QED) is 0.730. The van der Waals surface area contributed by atoms with Crippen molar-refractivity contribution in [3.8, 4) is 17.6 Å². The number of nitriles is 1. The summed E-state index contributed by atoms with van der Waals surface area (Å²) in [7, 11) is 3.23. The third-order valence-corrected chi connectivity index (χ3v) is 5.34. The van der Waals surface area contributed by atoms with Gasteiger partial charge in [0.25, 0.3) is 0 Å². The minimum atomic E-state index is -0.404. The zero-order valence-corrected chi connectivity index (χ0v) is 15.5. The molecule has 1 atom stereocenters. The number of ether oxygens (including phenoxy) is 2. The minimum absolute atomic E-state index is 0.404. The summed E-state index contributed by atoms with van der Waals surface area (Å²) in [6, 6.07) is 13.7. The first-order valence-corrected chi connectivity index (χ1v) is 9.03. The Morgan fingerprint density at radius 1 is 1.16 bits per heavy atom. The lowest BCUT2D eigenvalue weighted by atomic mass is 9.95. The van der Waals surface area contributed by atoms with Crippen LogP contribution in [0.1, 0.15) is 11.1 Å². The molecule has 25 heavy (non-hydrogen) atoms. The molecule has 0 spiro atoms. The van der Waals surface area contributed by atoms with Gasteiger partial charge in [0.05, 0.1) is 26.0 Å². The first-order chi connectivity index (χ1) is 12.2. The van der Waals surface area contributed by atoms with Crippen LogP contribution in [0.4, 0.5) is 0 Å². The summed E-state index contributed by atoms with van der Waals surface area (Å²) in [6.45, 7) is 0.664. The van der Waals surface area contributed by atoms with Gasteiger partial charge < -0.3 is 9.47 Å². The highest BCUT2D eigenvalue weighted by Gasteiger charge is 2.25. The fraction of sp³-hybridized carbons (Fsp3) is 0.263. The first-order valence-electron chi connectivity index (χ1n) is 7.77. The topological polar surface area (TPSA) is 54.6 Å². The van der Waals surface area contributed by atoms with Crippen molar-refractivity contribution in [2.45, 2.75) is 16.6 Å². The summed E-state index contributed by atoms with van der Waals surface area (Å²) in [5.41, 5.74) is 2.86. The molecule has 1 aliphatic rings. The van der Waals surface area contributed by atoms with Crippen molar-refractivity contribution in [1.29, 1.82) is 5.26 Å². The normalized spacial score (nSPS) is 14.1. The predicted molar refractivity (Wildman–Crippen MR) is 101 cm³/mol. The van der Waals surface area contributed by atoms with Crippen molar-refractivity contribution in [1.82, 2.24) is 0 Å². The fourth-order valence-electron chi connectivity index (χ4n) is 2.77. The number of methoxy groups -OCH3 is 2. The Kier molecular flexibility index (Phi) is 5.52. The molecule has 6 heteroatoms. The van der Waals surface area contributed by atoms with Gasteiger partial charge in [0.15, 0.2) is 11.5 Å². The average Bonchev–Trinajstić information content (AvgIpc) is 2.66. The van der Waals surface area contributed by atoms with Crippen LogP contribution in [0.25, 0.3) is 0 Å². The highest BCUT2D eigenvalue weighted by molar-refractivity contribution is 8.01. The fourth-order valence-corrected chi connectivity index (χ4v) is 3.82. The van der Waals surface area contributed by atoms with Crippen LogP contribution < -0.4 is 9.47 Å². The van der Waals surface area contributed by atoms with E-state index in [1.165, 1.54) is 11.8 Å². The molecule has 1 unspecified atom stereocenters. The lowest BCUT2D eigenvalue weighted by Crippen LogP contribution is -2.23. The molecular formula is C19H17ClN2O2S. The van der Waals surface area contributed by atoms with E-state index < -0.39 is 5.25 Å². The van der Waals surface area contributed by atoms with E-state index >= 15 is 0 Å². The third-order valence-electron chi connectivity index (χ3n) is 3.98. The van der Waals surface area contributed by atoms with Crippen LogP contribution in [0.3, 0.4) is 0 Å². The van der Waals surface area contributed by atoms with Gasteiger partial charge in [0, 0.05) is 22.0 Å². The molecule has 0 aliphatic carbocycles. The summed E-state index contributed by atoms with van der Waals surface area (Å²) in [6.07, 6.45) is 0.822. The Morgan fingerprint density at radius 3 is 2.48 bits per heavy atom. The van der Waals surface area contributed by atoms with Crippen molar-refractivity contribution < 1.29 is 9.47 Å². The predicted octanol–water partition coefficient (Wildman–Crippen LogP) is 4.39. The van der Waals surface area contributed by atoms with Gasteiger partial charge in [-0.25, -0.2) is 0 Å². The van der Waals surface area contributed by atoms with Gasteiger partial charge >= 0.3 is 0 Å². The Balaban J connectivity index is 1.95. The molecule has 0 fully saturated rings. The molecule has 3 rings (SSSR count). The Labute approximate surface area is 156 Å². The van der Waals surface area contributed by atoms with Crippen LogP contribution >= 0.6 is 23.4 Å². The average molecular weight is 373 g/mol. The summed E-state index contributed by atoms with van der Waals surface area (Å²) < 4.78 is 10.8. The van der Waals surface area contributed by atoms with Gasteiger partial charge in [0.2, 0.25) is 0 Å². The van der Waals surface area contributed by atoms with Crippen molar-refractivity contribution in [3.05, 3.63) is 52.5 Å². The molecule has 0 aromatic heterocycles. The van der Waals surface area contributed by atoms with Gasteiger partial charge in [-0.3, -0.25) is 4.99 Å². The molecule has 0 saturated heterocycles. The van der Waals surface area contributed by atoms with Crippen LogP contribution in [-0.2, 0) is 6.42 Å². The SMILES string of the molecule is COc1cc2c(cc1OC)C(C(C#N)Sc1ccc(Cl)cc1)=NCC2. The number of aliphatic imine (C=N–C) groups is 1. The molecule has 0 radical (unpaired) electrons. The third kappa shape index (κ3) is 3.76. The Hall–Kier alpha value is -2.16. The van der Waals surface area contributed by atoms with E-state index in [0.717, 1.165) is 28.2 Å². The highest BCUT2D eigenvalue weighted by atomic mass is 35.5. The van der Waals surface area contributed by atoms with E-state index in [2.05, 4.69) is 11.1 Å². The van der Waals surface area contributed by atoms with Crippen LogP contribution in [-0.4, -0.2) is 31.7 Å². The molecule has 4 nitrogen and oxygen atoms in total. The smallest absolute Gasteiger partial charge is 0.161 e. The molecule has 2 aromatic carbocycles. The standard InChI is InChI=1S/C19H17ClN2O2S/c1-23-16-9-12-7-8-22-19(15(12)10-17(16)24-2)18(11-21)25-14-5-3-13(20)4-6-14/h3-6,9-10,18H,7-8H2,1-2H3. The molecule has 0 saturated carbocycles. The zero-order chi connectivity index (χ0) is 17.8. The number of rotatable bonds is 5. The minimum Gasteiger partial charge on any atom is -0.493 e. The maximum Gasteiger partial charge on any atom is 0.161 e. The highest BCUT2D eigenvalue weighted by Crippen LogP contribution is 2.35. The second kappa shape index (κ2) is 7.81. The number of halogens is 1. The monoisotopic (exact) mass is 372 g/mol. The van der Waals surface area contributed by atoms with E-state index in [0.29, 0.717) is 23.1 Å². The molecule has 2 aromatic rings. The second-order valence-corrected chi connectivity index (χ2v) is 7.08. The van der Waals surface area contributed by atoms with Crippen LogP contribution in [0.5, 0.6) is 11.5 Å². The number of nitrogens with zero attached hydrogens (tertiary/aromatic N) is 2. The lowest BCUT2D eigenvalue weighted by molar-refractivity contribution is 0.354. The molecule has 128 valence electrons. The van der Waals surface area contributed by atoms with Crippen molar-refractivity contribution >= 4 is 29.1 Å². The van der Waals surface area contributed by atoms with Crippen LogP contribution in [0, 0.1) is 11.3 Å². The van der Waals surface area contributed by atoms with Gasteiger partial charge in [0.1, 0.15) is 5.25 Å². The lowest BCUT2D eigenvalue weighted by Gasteiger charge is -2.22. The summed E-state index contributed by atoms with van der Waals surface area (Å²) in [5, 5.41) is 9.98. The van der Waals surface area contributed by atoms with E-state index in [-0.39, 0.29) is 0 Å². The van der Waals surface area contributed by atoms with Crippen LogP contribution in [0.2, 0.25) is 5.02 Å². The molecule has 0 amide bonds. The molecular weight excluding hydrogens is 356 g/mol. The number of hydrogen-bond acceptors (Lipinski definition) is 5. The molecule has 1 aliphatic heterocycles. The number of fused-ring (bicyclic) bond motifs is 1. The molecule has 0 bridgehead atoms. The van der Waals surface area contributed by atoms with Crippen molar-refractivity contribution in [3.63, 3.8) is 0 Å². The van der Waals surface area contributed by atoms with Crippen molar-refractivity contribution in [2.24, 2.45) is 4.99 Å². The molecule has 1 heterocycles. The molecule has 0 N–H and O–H groups in total. The van der Waals surface area contributed by atoms with Gasteiger partial charge in [-0.15, -0.1) is 11.8 Å². The van der Waals surface area contributed by atoms with E-state index in [4.69, 9.17) is 21.1 Å². The number of hydrogen-bond donors (Lipinski definition) is 0. The van der Waals surface area contributed by atoms with Gasteiger partial charge in [-0.05, 0) is 48.4 Å². The summed E-state index contributed by atoms with van der Waals surface area (Å²) >= 11 is 7.40. The summed E-state index contributed by atoms with van der Waals surface area (Å²) in [4.78, 5) is 5.62. The maximum absolute atomic E-state index is 9.71. The maximum atomic E-state index is 9.71. The largest absolute Gasteiger partial charge is 0.493 e. The second-order valence-electron chi connectivity index (χ2n) is 5.46. The van der Waals surface area contributed by atoms with Crippen LogP contribution in [0.15, 0.2) is 46.3 Å². The van der Waals surface area contributed by atoms with Gasteiger partial charge in [-0.1, -0.05) is 11.6 Å². The first kappa shape index (κ1) is 17.7.